The molecule has 0 heterocycles. The predicted molar refractivity (Wildman–Crippen MR) is 73.7 cm³/mol. The van der Waals surface area contributed by atoms with Crippen LogP contribution in [-0.4, -0.2) is 12.4 Å². The highest BCUT2D eigenvalue weighted by molar-refractivity contribution is 9.10. The summed E-state index contributed by atoms with van der Waals surface area (Å²) >= 11 is 3.44. The summed E-state index contributed by atoms with van der Waals surface area (Å²) in [6, 6.07) is 5.55. The molecular formula is C14H19BrO2. The fourth-order valence-electron chi connectivity index (χ4n) is 1.83. The van der Waals surface area contributed by atoms with E-state index in [1.54, 1.807) is 0 Å². The standard InChI is InChI=1S/C14H19BrO2/c1-4-10(5-2)14(16)12-8-7-11(17-6-3)9-13(12)15/h7-10H,4-6H2,1-3H3. The minimum atomic E-state index is 0.115. The van der Waals surface area contributed by atoms with Crippen molar-refractivity contribution in [2.45, 2.75) is 33.6 Å². The fourth-order valence-corrected chi connectivity index (χ4v) is 2.38. The van der Waals surface area contributed by atoms with Crippen molar-refractivity contribution in [2.75, 3.05) is 6.61 Å². The van der Waals surface area contributed by atoms with Crippen LogP contribution in [0, 0.1) is 5.92 Å². The largest absolute Gasteiger partial charge is 0.494 e. The summed E-state index contributed by atoms with van der Waals surface area (Å²) in [5, 5.41) is 0. The molecule has 0 saturated carbocycles. The van der Waals surface area contributed by atoms with Gasteiger partial charge in [0, 0.05) is 16.0 Å². The lowest BCUT2D eigenvalue weighted by Gasteiger charge is -2.13. The third-order valence-corrected chi connectivity index (χ3v) is 3.53. The quantitative estimate of drug-likeness (QED) is 0.725. The van der Waals surface area contributed by atoms with Crippen LogP contribution in [0.2, 0.25) is 0 Å². The maximum atomic E-state index is 12.2. The van der Waals surface area contributed by atoms with E-state index in [-0.39, 0.29) is 11.7 Å². The minimum Gasteiger partial charge on any atom is -0.494 e. The Morgan fingerprint density at radius 2 is 1.94 bits per heavy atom. The van der Waals surface area contributed by atoms with Gasteiger partial charge in [0.15, 0.2) is 5.78 Å². The number of rotatable bonds is 6. The Labute approximate surface area is 111 Å². The molecule has 0 radical (unpaired) electrons. The van der Waals surface area contributed by atoms with Crippen LogP contribution in [0.5, 0.6) is 5.75 Å². The number of carbonyl (C=O) groups is 1. The molecule has 1 aromatic rings. The summed E-state index contributed by atoms with van der Waals surface area (Å²) in [4.78, 5) is 12.2. The van der Waals surface area contributed by atoms with Gasteiger partial charge in [0.05, 0.1) is 6.61 Å². The Balaban J connectivity index is 2.95. The Morgan fingerprint density at radius 1 is 1.29 bits per heavy atom. The van der Waals surface area contributed by atoms with Crippen LogP contribution >= 0.6 is 15.9 Å². The number of halogens is 1. The molecule has 0 aromatic heterocycles. The van der Waals surface area contributed by atoms with Gasteiger partial charge in [0.1, 0.15) is 5.75 Å². The van der Waals surface area contributed by atoms with Crippen molar-refractivity contribution < 1.29 is 9.53 Å². The first-order chi connectivity index (χ1) is 8.13. The highest BCUT2D eigenvalue weighted by Crippen LogP contribution is 2.26. The number of Topliss-reactive ketones (excluding diaryl/α,β-unsaturated/α-hetero) is 1. The first-order valence-corrected chi connectivity index (χ1v) is 6.89. The van der Waals surface area contributed by atoms with Gasteiger partial charge in [-0.1, -0.05) is 13.8 Å². The summed E-state index contributed by atoms with van der Waals surface area (Å²) in [6.07, 6.45) is 1.77. The molecule has 0 unspecified atom stereocenters. The summed E-state index contributed by atoms with van der Waals surface area (Å²) < 4.78 is 6.21. The number of ether oxygens (including phenoxy) is 1. The lowest BCUT2D eigenvalue weighted by atomic mass is 9.93. The highest BCUT2D eigenvalue weighted by atomic mass is 79.9. The smallest absolute Gasteiger partial charge is 0.167 e. The number of hydrogen-bond acceptors (Lipinski definition) is 2. The minimum absolute atomic E-state index is 0.115. The van der Waals surface area contributed by atoms with E-state index < -0.39 is 0 Å². The van der Waals surface area contributed by atoms with Crippen LogP contribution in [0.3, 0.4) is 0 Å². The summed E-state index contributed by atoms with van der Waals surface area (Å²) in [7, 11) is 0. The van der Waals surface area contributed by atoms with E-state index in [1.165, 1.54) is 0 Å². The van der Waals surface area contributed by atoms with Crippen LogP contribution in [0.15, 0.2) is 22.7 Å². The molecule has 3 heteroatoms. The lowest BCUT2D eigenvalue weighted by Crippen LogP contribution is -2.13. The van der Waals surface area contributed by atoms with E-state index in [2.05, 4.69) is 29.8 Å². The van der Waals surface area contributed by atoms with Gasteiger partial charge in [0.25, 0.3) is 0 Å². The first kappa shape index (κ1) is 14.2. The summed E-state index contributed by atoms with van der Waals surface area (Å²) in [6.45, 7) is 6.67. The van der Waals surface area contributed by atoms with Crippen LogP contribution in [0.4, 0.5) is 0 Å². The molecule has 2 nitrogen and oxygen atoms in total. The molecule has 94 valence electrons. The van der Waals surface area contributed by atoms with E-state index in [4.69, 9.17) is 4.74 Å². The van der Waals surface area contributed by atoms with E-state index >= 15 is 0 Å². The molecule has 0 N–H and O–H groups in total. The average Bonchev–Trinajstić information content (AvgIpc) is 2.31. The van der Waals surface area contributed by atoms with Gasteiger partial charge in [-0.3, -0.25) is 4.79 Å². The van der Waals surface area contributed by atoms with Crippen molar-refractivity contribution in [1.29, 1.82) is 0 Å². The van der Waals surface area contributed by atoms with Gasteiger partial charge in [-0.15, -0.1) is 0 Å². The predicted octanol–water partition coefficient (Wildman–Crippen LogP) is 4.47. The number of hydrogen-bond donors (Lipinski definition) is 0. The third kappa shape index (κ3) is 3.56. The van der Waals surface area contributed by atoms with E-state index in [0.29, 0.717) is 6.61 Å². The Hall–Kier alpha value is -0.830. The molecule has 0 amide bonds. The second kappa shape index (κ2) is 6.80. The van der Waals surface area contributed by atoms with Crippen molar-refractivity contribution in [2.24, 2.45) is 5.92 Å². The topological polar surface area (TPSA) is 26.3 Å². The maximum Gasteiger partial charge on any atom is 0.167 e. The molecule has 0 atom stereocenters. The SMILES string of the molecule is CCOc1ccc(C(=O)C(CC)CC)c(Br)c1. The van der Waals surface area contributed by atoms with Crippen molar-refractivity contribution in [3.8, 4) is 5.75 Å². The number of carbonyl (C=O) groups excluding carboxylic acids is 1. The van der Waals surface area contributed by atoms with Gasteiger partial charge in [-0.05, 0) is 53.9 Å². The number of ketones is 1. The molecule has 0 bridgehead atoms. The first-order valence-electron chi connectivity index (χ1n) is 6.10. The molecule has 0 aliphatic rings. The second-order valence-corrected chi connectivity index (χ2v) is 4.81. The Kier molecular flexibility index (Phi) is 5.69. The molecule has 0 aliphatic carbocycles. The normalized spacial score (nSPS) is 10.6. The molecule has 1 aromatic carbocycles. The zero-order chi connectivity index (χ0) is 12.8. The summed E-state index contributed by atoms with van der Waals surface area (Å²) in [5.74, 6) is 1.12. The molecule has 17 heavy (non-hydrogen) atoms. The van der Waals surface area contributed by atoms with Crippen molar-refractivity contribution in [3.63, 3.8) is 0 Å². The molecule has 0 aliphatic heterocycles. The lowest BCUT2D eigenvalue weighted by molar-refractivity contribution is 0.0912. The average molecular weight is 299 g/mol. The highest BCUT2D eigenvalue weighted by Gasteiger charge is 2.18. The molecule has 0 spiro atoms. The Bertz CT molecular complexity index is 384. The third-order valence-electron chi connectivity index (χ3n) is 2.87. The zero-order valence-electron chi connectivity index (χ0n) is 10.6. The van der Waals surface area contributed by atoms with Crippen LogP contribution in [0.25, 0.3) is 0 Å². The monoisotopic (exact) mass is 298 g/mol. The van der Waals surface area contributed by atoms with E-state index in [1.807, 2.05) is 25.1 Å². The van der Waals surface area contributed by atoms with Crippen LogP contribution in [0.1, 0.15) is 44.0 Å². The fraction of sp³-hybridized carbons (Fsp3) is 0.500. The molecule has 0 saturated heterocycles. The van der Waals surface area contributed by atoms with Gasteiger partial charge < -0.3 is 4.74 Å². The molecule has 1 rings (SSSR count). The van der Waals surface area contributed by atoms with Gasteiger partial charge >= 0.3 is 0 Å². The number of benzene rings is 1. The van der Waals surface area contributed by atoms with Crippen LogP contribution in [-0.2, 0) is 0 Å². The summed E-state index contributed by atoms with van der Waals surface area (Å²) in [5.41, 5.74) is 0.752. The Morgan fingerprint density at radius 3 is 2.41 bits per heavy atom. The van der Waals surface area contributed by atoms with Gasteiger partial charge in [-0.2, -0.15) is 0 Å². The van der Waals surface area contributed by atoms with Crippen LogP contribution < -0.4 is 4.74 Å². The van der Waals surface area contributed by atoms with Gasteiger partial charge in [-0.25, -0.2) is 0 Å². The second-order valence-electron chi connectivity index (χ2n) is 3.95. The van der Waals surface area contributed by atoms with Gasteiger partial charge in [0.2, 0.25) is 0 Å². The van der Waals surface area contributed by atoms with Crippen molar-refractivity contribution >= 4 is 21.7 Å². The van der Waals surface area contributed by atoms with Crippen molar-refractivity contribution in [3.05, 3.63) is 28.2 Å². The van der Waals surface area contributed by atoms with E-state index in [9.17, 15) is 4.79 Å². The van der Waals surface area contributed by atoms with E-state index in [0.717, 1.165) is 28.6 Å². The zero-order valence-corrected chi connectivity index (χ0v) is 12.2. The molecule has 0 fully saturated rings. The molecular weight excluding hydrogens is 280 g/mol. The maximum absolute atomic E-state index is 12.2. The van der Waals surface area contributed by atoms with Crippen molar-refractivity contribution in [1.82, 2.24) is 0 Å².